The van der Waals surface area contributed by atoms with Crippen LogP contribution in [0, 0.1) is 5.92 Å². The lowest BCUT2D eigenvalue weighted by molar-refractivity contribution is -0.138. The second-order valence-electron chi connectivity index (χ2n) is 8.91. The van der Waals surface area contributed by atoms with Gasteiger partial charge in [-0.1, -0.05) is 30.3 Å². The van der Waals surface area contributed by atoms with Crippen molar-refractivity contribution in [3.8, 4) is 11.5 Å². The van der Waals surface area contributed by atoms with Gasteiger partial charge in [0.2, 0.25) is 0 Å². The van der Waals surface area contributed by atoms with Crippen molar-refractivity contribution in [1.82, 2.24) is 30.3 Å². The number of aryl methyl sites for hydroxylation is 1. The van der Waals surface area contributed by atoms with Crippen LogP contribution in [0.5, 0.6) is 0 Å². The molecule has 3 N–H and O–H groups in total. The first kappa shape index (κ1) is 21.2. The van der Waals surface area contributed by atoms with Crippen LogP contribution in [0.25, 0.3) is 22.8 Å². The van der Waals surface area contributed by atoms with Gasteiger partial charge in [-0.3, -0.25) is 14.6 Å². The van der Waals surface area contributed by atoms with Crippen LogP contribution in [0.3, 0.4) is 0 Å². The number of aromatic nitrogens is 5. The van der Waals surface area contributed by atoms with Gasteiger partial charge in [0, 0.05) is 37.5 Å². The molecule has 1 aliphatic heterocycles. The second-order valence-corrected chi connectivity index (χ2v) is 8.91. The first-order valence-corrected chi connectivity index (χ1v) is 11.4. The van der Waals surface area contributed by atoms with Crippen LogP contribution in [-0.4, -0.2) is 42.6 Å². The number of rotatable bonds is 6. The third-order valence-electron chi connectivity index (χ3n) is 6.76. The summed E-state index contributed by atoms with van der Waals surface area (Å²) in [5.74, 6) is 1.57. The van der Waals surface area contributed by atoms with Crippen molar-refractivity contribution in [1.29, 1.82) is 0 Å². The van der Waals surface area contributed by atoms with Crippen LogP contribution in [0.4, 0.5) is 0 Å². The van der Waals surface area contributed by atoms with E-state index >= 15 is 0 Å². The topological polar surface area (TPSA) is 109 Å². The molecule has 2 aromatic heterocycles. The molecule has 1 aliphatic carbocycles. The lowest BCUT2D eigenvalue weighted by Gasteiger charge is -2.28. The Labute approximate surface area is 192 Å². The first-order chi connectivity index (χ1) is 16.1. The Hall–Kier alpha value is -3.68. The smallest absolute Gasteiger partial charge is 0.303 e. The van der Waals surface area contributed by atoms with E-state index < -0.39 is 5.97 Å². The highest BCUT2D eigenvalue weighted by molar-refractivity contribution is 5.76. The number of nitrogens with one attached hydrogen (secondary N) is 2. The molecule has 3 aromatic rings. The summed E-state index contributed by atoms with van der Waals surface area (Å²) in [7, 11) is 1.87. The average Bonchev–Trinajstić information content (AvgIpc) is 3.48. The van der Waals surface area contributed by atoms with Crippen LogP contribution in [0.2, 0.25) is 0 Å². The first-order valence-electron chi connectivity index (χ1n) is 11.4. The minimum atomic E-state index is -0.676. The van der Waals surface area contributed by atoms with Gasteiger partial charge in [-0.2, -0.15) is 10.2 Å². The minimum Gasteiger partial charge on any atom is -0.481 e. The maximum atomic E-state index is 10.9. The monoisotopic (exact) mass is 444 g/mol. The summed E-state index contributed by atoms with van der Waals surface area (Å²) in [5.41, 5.74) is 5.51. The summed E-state index contributed by atoms with van der Waals surface area (Å²) in [6, 6.07) is 10.7. The van der Waals surface area contributed by atoms with Gasteiger partial charge < -0.3 is 10.4 Å². The Kier molecular flexibility index (Phi) is 5.81. The summed E-state index contributed by atoms with van der Waals surface area (Å²) in [6.45, 7) is 0.668. The molecule has 0 bridgehead atoms. The van der Waals surface area contributed by atoms with Crippen molar-refractivity contribution in [3.05, 3.63) is 65.6 Å². The molecule has 3 heterocycles. The second kappa shape index (κ2) is 9.05. The van der Waals surface area contributed by atoms with Crippen molar-refractivity contribution in [2.75, 3.05) is 6.54 Å². The SMILES string of the molecule is Cn1nccc1-c1n[nH]c(C2=CC=C(c3ccc([C@H]4CC[C@H](CC(=O)O)CC4)cc3)NC2)n1. The fourth-order valence-corrected chi connectivity index (χ4v) is 4.85. The van der Waals surface area contributed by atoms with Crippen molar-refractivity contribution < 1.29 is 9.90 Å². The third kappa shape index (κ3) is 4.60. The molecule has 2 aliphatic rings. The number of carbonyl (C=O) groups is 1. The van der Waals surface area contributed by atoms with E-state index in [1.54, 1.807) is 10.9 Å². The molecule has 5 rings (SSSR count). The number of benzene rings is 1. The number of carboxylic acids is 1. The number of dihydropyridines is 1. The number of carboxylic acid groups (broad SMARTS) is 1. The zero-order valence-electron chi connectivity index (χ0n) is 18.7. The van der Waals surface area contributed by atoms with Gasteiger partial charge in [0.1, 0.15) is 5.69 Å². The number of hydrogen-bond acceptors (Lipinski definition) is 5. The zero-order chi connectivity index (χ0) is 22.8. The largest absolute Gasteiger partial charge is 0.481 e. The summed E-state index contributed by atoms with van der Waals surface area (Å²) in [6.07, 6.45) is 10.3. The van der Waals surface area contributed by atoms with Gasteiger partial charge in [0.15, 0.2) is 11.6 Å². The molecule has 1 saturated carbocycles. The number of aliphatic carboxylic acids is 1. The van der Waals surface area contributed by atoms with E-state index in [0.717, 1.165) is 54.0 Å². The predicted molar refractivity (Wildman–Crippen MR) is 126 cm³/mol. The van der Waals surface area contributed by atoms with Gasteiger partial charge in [0.25, 0.3) is 0 Å². The van der Waals surface area contributed by atoms with Crippen LogP contribution >= 0.6 is 0 Å². The van der Waals surface area contributed by atoms with Crippen molar-refractivity contribution >= 4 is 17.2 Å². The van der Waals surface area contributed by atoms with E-state index in [1.807, 2.05) is 13.1 Å². The minimum absolute atomic E-state index is 0.305. The van der Waals surface area contributed by atoms with E-state index in [1.165, 1.54) is 5.56 Å². The summed E-state index contributed by atoms with van der Waals surface area (Å²) in [4.78, 5) is 15.6. The van der Waals surface area contributed by atoms with Crippen molar-refractivity contribution in [3.63, 3.8) is 0 Å². The summed E-state index contributed by atoms with van der Waals surface area (Å²) in [5, 5.41) is 24.0. The number of aromatic amines is 1. The zero-order valence-corrected chi connectivity index (χ0v) is 18.7. The van der Waals surface area contributed by atoms with Crippen molar-refractivity contribution in [2.45, 2.75) is 38.0 Å². The number of allylic oxidation sites excluding steroid dienone is 2. The van der Waals surface area contributed by atoms with Crippen LogP contribution in [0.1, 0.15) is 55.0 Å². The number of hydrogen-bond donors (Lipinski definition) is 3. The molecule has 0 atom stereocenters. The fraction of sp³-hybridized carbons (Fsp3) is 0.360. The molecule has 0 unspecified atom stereocenters. The molecule has 1 fully saturated rings. The average molecular weight is 445 g/mol. The molecule has 8 nitrogen and oxygen atoms in total. The van der Waals surface area contributed by atoms with Crippen molar-refractivity contribution in [2.24, 2.45) is 13.0 Å². The summed E-state index contributed by atoms with van der Waals surface area (Å²) >= 11 is 0. The molecule has 1 aromatic carbocycles. The highest BCUT2D eigenvalue weighted by atomic mass is 16.4. The van der Waals surface area contributed by atoms with Gasteiger partial charge in [-0.05, 0) is 60.8 Å². The quantitative estimate of drug-likeness (QED) is 0.531. The van der Waals surface area contributed by atoms with Gasteiger partial charge in [-0.25, -0.2) is 4.98 Å². The van der Waals surface area contributed by atoms with E-state index in [2.05, 4.69) is 62.0 Å². The Morgan fingerprint density at radius 3 is 2.55 bits per heavy atom. The van der Waals surface area contributed by atoms with E-state index in [4.69, 9.17) is 5.11 Å². The van der Waals surface area contributed by atoms with Crippen LogP contribution < -0.4 is 5.32 Å². The summed E-state index contributed by atoms with van der Waals surface area (Å²) < 4.78 is 1.75. The highest BCUT2D eigenvalue weighted by Gasteiger charge is 2.24. The lowest BCUT2D eigenvalue weighted by atomic mass is 9.77. The molecular weight excluding hydrogens is 416 g/mol. The van der Waals surface area contributed by atoms with Gasteiger partial charge in [-0.15, -0.1) is 0 Å². The van der Waals surface area contributed by atoms with Crippen LogP contribution in [-0.2, 0) is 11.8 Å². The molecule has 0 radical (unpaired) electrons. The van der Waals surface area contributed by atoms with E-state index in [-0.39, 0.29) is 0 Å². The maximum absolute atomic E-state index is 10.9. The van der Waals surface area contributed by atoms with E-state index in [9.17, 15) is 4.79 Å². The van der Waals surface area contributed by atoms with Gasteiger partial charge in [0.05, 0.1) is 0 Å². The lowest BCUT2D eigenvalue weighted by Crippen LogP contribution is -2.19. The maximum Gasteiger partial charge on any atom is 0.303 e. The standard InChI is InChI=1S/C25H28N6O2/c1-31-22(12-13-27-31)25-28-24(29-30-25)20-10-11-21(26-15-20)19-8-6-18(7-9-19)17-4-2-16(3-5-17)14-23(32)33/h6-13,16-17,26H,2-5,14-15H2,1H3,(H,32,33)(H,28,29,30)/t16-,17-. The van der Waals surface area contributed by atoms with Crippen LogP contribution in [0.15, 0.2) is 48.7 Å². The number of H-pyrrole nitrogens is 1. The molecule has 0 saturated heterocycles. The van der Waals surface area contributed by atoms with E-state index in [0.29, 0.717) is 30.6 Å². The molecular formula is C25H28N6O2. The number of nitrogens with zero attached hydrogens (tertiary/aromatic N) is 4. The molecule has 8 heteroatoms. The molecule has 0 amide bonds. The highest BCUT2D eigenvalue weighted by Crippen LogP contribution is 2.37. The molecule has 33 heavy (non-hydrogen) atoms. The Balaban J connectivity index is 1.24. The normalized spacial score (nSPS) is 20.6. The predicted octanol–water partition coefficient (Wildman–Crippen LogP) is 3.98. The Bertz CT molecular complexity index is 1200. The Morgan fingerprint density at radius 2 is 1.91 bits per heavy atom. The molecule has 0 spiro atoms. The third-order valence-corrected chi connectivity index (χ3v) is 6.76. The Morgan fingerprint density at radius 1 is 1.12 bits per heavy atom. The fourth-order valence-electron chi connectivity index (χ4n) is 4.85. The molecule has 170 valence electrons. The van der Waals surface area contributed by atoms with Gasteiger partial charge >= 0.3 is 5.97 Å².